The van der Waals surface area contributed by atoms with Crippen LogP contribution in [-0.2, 0) is 44.6 Å². The van der Waals surface area contributed by atoms with Crippen LogP contribution in [0.3, 0.4) is 0 Å². The smallest absolute Gasteiger partial charge is 0.0850 e. The van der Waals surface area contributed by atoms with Crippen LogP contribution in [0.15, 0.2) is 6.07 Å². The predicted molar refractivity (Wildman–Crippen MR) is 85.0 cm³/mol. The number of benzene rings is 1. The van der Waals surface area contributed by atoms with Crippen molar-refractivity contribution in [3.8, 4) is 0 Å². The highest BCUT2D eigenvalue weighted by Gasteiger charge is 2.34. The lowest BCUT2D eigenvalue weighted by Gasteiger charge is -2.20. The van der Waals surface area contributed by atoms with Crippen molar-refractivity contribution in [3.05, 3.63) is 33.9 Å². The molecule has 4 heteroatoms. The minimum absolute atomic E-state index is 0.416. The topological polar surface area (TPSA) is 50.1 Å². The largest absolute Gasteiger partial charge is 0.373 e. The molecule has 4 aliphatic heterocycles. The first-order valence-electron chi connectivity index (χ1n) is 8.86. The van der Waals surface area contributed by atoms with E-state index in [1.54, 1.807) is 0 Å². The molecule has 4 atom stereocenters. The number of hydrogen-bond acceptors (Lipinski definition) is 4. The lowest BCUT2D eigenvalue weighted by molar-refractivity contribution is 0.395. The van der Waals surface area contributed by atoms with Crippen molar-refractivity contribution in [2.45, 2.75) is 57.0 Å². The van der Waals surface area contributed by atoms with Gasteiger partial charge in [-0.2, -0.15) is 0 Å². The van der Waals surface area contributed by atoms with Crippen LogP contribution < -0.4 is 0 Å². The Kier molecular flexibility index (Phi) is 3.48. The van der Waals surface area contributed by atoms with Crippen molar-refractivity contribution < 1.29 is 18.9 Å². The molecule has 23 heavy (non-hydrogen) atoms. The fraction of sp³-hybridized carbons (Fsp3) is 0.684. The fourth-order valence-corrected chi connectivity index (χ4v) is 3.69. The standard InChI is InChI=1S/C19H24O4/c1-11-2-12(3-13-7-20-13)18(5-15-9-22-15)19(6-16-10-23-16)17(11)4-14-8-21-14/h2,13-16H,3-10H2,1H3. The Morgan fingerprint density at radius 2 is 1.13 bits per heavy atom. The van der Waals surface area contributed by atoms with Crippen molar-refractivity contribution in [2.75, 3.05) is 26.4 Å². The van der Waals surface area contributed by atoms with Gasteiger partial charge in [-0.25, -0.2) is 0 Å². The van der Waals surface area contributed by atoms with Gasteiger partial charge >= 0.3 is 0 Å². The molecular formula is C19H24O4. The number of ether oxygens (including phenoxy) is 4. The third-order valence-electron chi connectivity index (χ3n) is 5.34. The van der Waals surface area contributed by atoms with Gasteiger partial charge in [-0.05, 0) is 34.7 Å². The van der Waals surface area contributed by atoms with Gasteiger partial charge < -0.3 is 18.9 Å². The van der Waals surface area contributed by atoms with E-state index >= 15 is 0 Å². The van der Waals surface area contributed by atoms with E-state index in [2.05, 4.69) is 13.0 Å². The summed E-state index contributed by atoms with van der Waals surface area (Å²) in [6, 6.07) is 2.40. The molecule has 0 spiro atoms. The molecule has 4 saturated heterocycles. The molecule has 0 aromatic heterocycles. The lowest BCUT2D eigenvalue weighted by atomic mass is 9.84. The number of aryl methyl sites for hydroxylation is 1. The Morgan fingerprint density at radius 1 is 0.696 bits per heavy atom. The van der Waals surface area contributed by atoms with Crippen LogP contribution in [-0.4, -0.2) is 50.8 Å². The average Bonchev–Trinajstić information content (AvgIpc) is 3.32. The maximum Gasteiger partial charge on any atom is 0.0850 e. The van der Waals surface area contributed by atoms with Crippen LogP contribution in [0.1, 0.15) is 27.8 Å². The van der Waals surface area contributed by atoms with Crippen LogP contribution in [0, 0.1) is 6.92 Å². The summed E-state index contributed by atoms with van der Waals surface area (Å²) in [6.45, 7) is 5.90. The first kappa shape index (κ1) is 14.4. The van der Waals surface area contributed by atoms with E-state index in [0.29, 0.717) is 24.4 Å². The van der Waals surface area contributed by atoms with E-state index in [1.165, 1.54) is 27.8 Å². The zero-order chi connectivity index (χ0) is 15.4. The van der Waals surface area contributed by atoms with Crippen LogP contribution in [0.4, 0.5) is 0 Å². The summed E-state index contributed by atoms with van der Waals surface area (Å²) in [7, 11) is 0. The third kappa shape index (κ3) is 3.45. The minimum Gasteiger partial charge on any atom is -0.373 e. The normalized spacial score (nSPS) is 33.6. The van der Waals surface area contributed by atoms with Crippen molar-refractivity contribution >= 4 is 0 Å². The Morgan fingerprint density at radius 3 is 1.65 bits per heavy atom. The van der Waals surface area contributed by atoms with Crippen molar-refractivity contribution in [1.29, 1.82) is 0 Å². The van der Waals surface area contributed by atoms with E-state index < -0.39 is 0 Å². The number of rotatable bonds is 8. The lowest BCUT2D eigenvalue weighted by Crippen LogP contribution is -2.14. The van der Waals surface area contributed by atoms with E-state index in [0.717, 1.165) is 52.1 Å². The van der Waals surface area contributed by atoms with E-state index in [9.17, 15) is 0 Å². The van der Waals surface area contributed by atoms with Gasteiger partial charge in [0.05, 0.1) is 50.8 Å². The molecule has 4 unspecified atom stereocenters. The van der Waals surface area contributed by atoms with Crippen molar-refractivity contribution in [1.82, 2.24) is 0 Å². The molecule has 0 saturated carbocycles. The van der Waals surface area contributed by atoms with Gasteiger partial charge in [0.15, 0.2) is 0 Å². The fourth-order valence-electron chi connectivity index (χ4n) is 3.69. The summed E-state index contributed by atoms with van der Waals surface area (Å²) < 4.78 is 22.1. The molecule has 4 aliphatic rings. The van der Waals surface area contributed by atoms with Gasteiger partial charge in [-0.15, -0.1) is 0 Å². The third-order valence-corrected chi connectivity index (χ3v) is 5.34. The summed E-state index contributed by atoms with van der Waals surface area (Å²) in [4.78, 5) is 0. The SMILES string of the molecule is Cc1cc(CC2CO2)c(CC2CO2)c(CC2CO2)c1CC1CO1. The molecule has 0 bridgehead atoms. The molecule has 4 fully saturated rings. The average molecular weight is 316 g/mol. The summed E-state index contributed by atoms with van der Waals surface area (Å²) in [6.07, 6.45) is 5.87. The molecule has 5 rings (SSSR count). The maximum absolute atomic E-state index is 5.55. The highest BCUT2D eigenvalue weighted by atomic mass is 16.6. The van der Waals surface area contributed by atoms with Crippen LogP contribution in [0.25, 0.3) is 0 Å². The highest BCUT2D eigenvalue weighted by Crippen LogP contribution is 2.34. The monoisotopic (exact) mass is 316 g/mol. The second kappa shape index (κ2) is 5.55. The molecule has 1 aromatic rings. The zero-order valence-corrected chi connectivity index (χ0v) is 13.7. The molecule has 4 heterocycles. The first-order valence-corrected chi connectivity index (χ1v) is 8.86. The van der Waals surface area contributed by atoms with Gasteiger partial charge in [0.25, 0.3) is 0 Å². The van der Waals surface area contributed by atoms with Gasteiger partial charge in [0.2, 0.25) is 0 Å². The van der Waals surface area contributed by atoms with Crippen molar-refractivity contribution in [3.63, 3.8) is 0 Å². The summed E-state index contributed by atoms with van der Waals surface area (Å²) in [5.74, 6) is 0. The zero-order valence-electron chi connectivity index (χ0n) is 13.7. The van der Waals surface area contributed by atoms with Gasteiger partial charge in [-0.1, -0.05) is 6.07 Å². The Balaban J connectivity index is 1.54. The molecule has 0 amide bonds. The molecule has 124 valence electrons. The Labute approximate surface area is 137 Å². The summed E-state index contributed by atoms with van der Waals surface area (Å²) in [5.41, 5.74) is 7.41. The van der Waals surface area contributed by atoms with Gasteiger partial charge in [0.1, 0.15) is 0 Å². The van der Waals surface area contributed by atoms with Gasteiger partial charge in [-0.3, -0.25) is 0 Å². The van der Waals surface area contributed by atoms with Gasteiger partial charge in [0, 0.05) is 25.7 Å². The predicted octanol–water partition coefficient (Wildman–Crippen LogP) is 1.76. The van der Waals surface area contributed by atoms with E-state index in [4.69, 9.17) is 18.9 Å². The molecule has 0 radical (unpaired) electrons. The summed E-state index contributed by atoms with van der Waals surface area (Å²) >= 11 is 0. The number of epoxide rings is 4. The van der Waals surface area contributed by atoms with Crippen molar-refractivity contribution in [2.24, 2.45) is 0 Å². The first-order chi connectivity index (χ1) is 11.3. The van der Waals surface area contributed by atoms with E-state index in [-0.39, 0.29) is 0 Å². The molecule has 4 nitrogen and oxygen atoms in total. The molecule has 0 N–H and O–H groups in total. The quantitative estimate of drug-likeness (QED) is 0.686. The second-order valence-electron chi connectivity index (χ2n) is 7.43. The molecule has 0 aliphatic carbocycles. The number of hydrogen-bond donors (Lipinski definition) is 0. The van der Waals surface area contributed by atoms with Crippen LogP contribution in [0.2, 0.25) is 0 Å². The second-order valence-corrected chi connectivity index (χ2v) is 7.43. The Bertz CT molecular complexity index is 610. The molecule has 1 aromatic carbocycles. The Hall–Kier alpha value is -0.940. The molecular weight excluding hydrogens is 292 g/mol. The highest BCUT2D eigenvalue weighted by molar-refractivity contribution is 5.48. The minimum atomic E-state index is 0.416. The van der Waals surface area contributed by atoms with E-state index in [1.807, 2.05) is 0 Å². The maximum atomic E-state index is 5.55. The summed E-state index contributed by atoms with van der Waals surface area (Å²) in [5, 5.41) is 0. The van der Waals surface area contributed by atoms with Crippen LogP contribution >= 0.6 is 0 Å². The van der Waals surface area contributed by atoms with Crippen LogP contribution in [0.5, 0.6) is 0 Å².